The Morgan fingerprint density at radius 2 is 1.95 bits per heavy atom. The van der Waals surface area contributed by atoms with Crippen molar-refractivity contribution in [1.82, 2.24) is 15.0 Å². The first-order valence-corrected chi connectivity index (χ1v) is 6.62. The molecule has 21 heavy (non-hydrogen) atoms. The van der Waals surface area contributed by atoms with Gasteiger partial charge in [0.1, 0.15) is 10.8 Å². The number of nitrogens with one attached hydrogen (secondary N) is 2. The van der Waals surface area contributed by atoms with Gasteiger partial charge >= 0.3 is 6.18 Å². The van der Waals surface area contributed by atoms with E-state index in [-0.39, 0.29) is 21.6 Å². The molecule has 0 radical (unpaired) electrons. The summed E-state index contributed by atoms with van der Waals surface area (Å²) in [5, 5.41) is 2.85. The summed E-state index contributed by atoms with van der Waals surface area (Å²) in [4.78, 5) is 21.8. The van der Waals surface area contributed by atoms with E-state index in [2.05, 4.69) is 20.3 Å². The van der Waals surface area contributed by atoms with Crippen molar-refractivity contribution >= 4 is 17.6 Å². The highest BCUT2D eigenvalue weighted by Crippen LogP contribution is 2.34. The van der Waals surface area contributed by atoms with E-state index in [0.717, 1.165) is 23.9 Å². The number of hydrogen-bond acceptors (Lipinski definition) is 5. The number of aromatic nitrogens is 3. The summed E-state index contributed by atoms with van der Waals surface area (Å²) in [6, 6.07) is 3.12. The fourth-order valence-corrected chi connectivity index (χ4v) is 2.42. The normalized spacial score (nSPS) is 11.5. The number of anilines is 1. The van der Waals surface area contributed by atoms with Crippen LogP contribution in [0.1, 0.15) is 11.3 Å². The molecule has 2 heterocycles. The zero-order chi connectivity index (χ0) is 15.6. The predicted octanol–water partition coefficient (Wildman–Crippen LogP) is 2.69. The van der Waals surface area contributed by atoms with Gasteiger partial charge in [0.25, 0.3) is 5.56 Å². The summed E-state index contributed by atoms with van der Waals surface area (Å²) in [7, 11) is 1.48. The SMILES string of the molecule is CNc1cc(C(F)(F)F)cc(Sc2nc(C)cc(=O)[nH]2)n1. The second-order valence-electron chi connectivity index (χ2n) is 4.12. The van der Waals surface area contributed by atoms with Crippen molar-refractivity contribution in [3.05, 3.63) is 39.8 Å². The van der Waals surface area contributed by atoms with E-state index in [4.69, 9.17) is 0 Å². The molecule has 5 nitrogen and oxygen atoms in total. The molecular formula is C12H11F3N4OS. The molecule has 2 aromatic heterocycles. The summed E-state index contributed by atoms with van der Waals surface area (Å²) in [5.41, 5.74) is -0.716. The Kier molecular flexibility index (Phi) is 4.21. The number of aryl methyl sites for hydroxylation is 1. The molecule has 0 saturated heterocycles. The molecule has 2 aromatic rings. The van der Waals surface area contributed by atoms with Crippen LogP contribution in [-0.4, -0.2) is 22.0 Å². The zero-order valence-corrected chi connectivity index (χ0v) is 11.9. The van der Waals surface area contributed by atoms with Crippen molar-refractivity contribution in [3.8, 4) is 0 Å². The van der Waals surface area contributed by atoms with Gasteiger partial charge in [0, 0.05) is 18.8 Å². The minimum atomic E-state index is -4.47. The average Bonchev–Trinajstić information content (AvgIpc) is 2.36. The van der Waals surface area contributed by atoms with Gasteiger partial charge in [-0.05, 0) is 30.8 Å². The molecule has 0 bridgehead atoms. The van der Waals surface area contributed by atoms with Crippen LogP contribution < -0.4 is 10.9 Å². The van der Waals surface area contributed by atoms with Crippen LogP contribution >= 0.6 is 11.8 Å². The number of rotatable bonds is 3. The molecular weight excluding hydrogens is 305 g/mol. The Balaban J connectivity index is 2.41. The van der Waals surface area contributed by atoms with Gasteiger partial charge in [-0.25, -0.2) is 9.97 Å². The third-order valence-electron chi connectivity index (χ3n) is 2.43. The second-order valence-corrected chi connectivity index (χ2v) is 5.13. The molecule has 0 aliphatic rings. The number of hydrogen-bond donors (Lipinski definition) is 2. The molecule has 0 atom stereocenters. The van der Waals surface area contributed by atoms with Gasteiger partial charge in [0.15, 0.2) is 5.16 Å². The number of halogens is 3. The Labute approximate surface area is 122 Å². The van der Waals surface area contributed by atoms with Crippen LogP contribution in [0.3, 0.4) is 0 Å². The van der Waals surface area contributed by atoms with Gasteiger partial charge in [-0.15, -0.1) is 0 Å². The number of aromatic amines is 1. The highest BCUT2D eigenvalue weighted by molar-refractivity contribution is 7.99. The van der Waals surface area contributed by atoms with E-state index in [9.17, 15) is 18.0 Å². The second kappa shape index (κ2) is 5.76. The summed E-state index contributed by atoms with van der Waals surface area (Å²) in [6.07, 6.45) is -4.47. The Morgan fingerprint density at radius 3 is 2.52 bits per heavy atom. The average molecular weight is 316 g/mol. The molecule has 0 amide bonds. The quantitative estimate of drug-likeness (QED) is 0.852. The van der Waals surface area contributed by atoms with Crippen molar-refractivity contribution in [2.45, 2.75) is 23.3 Å². The van der Waals surface area contributed by atoms with Crippen LogP contribution in [0.5, 0.6) is 0 Å². The summed E-state index contributed by atoms with van der Waals surface area (Å²) >= 11 is 0.858. The molecule has 112 valence electrons. The van der Waals surface area contributed by atoms with Crippen LogP contribution in [0.4, 0.5) is 19.0 Å². The highest BCUT2D eigenvalue weighted by atomic mass is 32.2. The van der Waals surface area contributed by atoms with E-state index in [1.165, 1.54) is 13.1 Å². The molecule has 0 aromatic carbocycles. The van der Waals surface area contributed by atoms with E-state index >= 15 is 0 Å². The van der Waals surface area contributed by atoms with Gasteiger partial charge in [0.05, 0.1) is 5.56 Å². The molecule has 0 aliphatic heterocycles. The summed E-state index contributed by atoms with van der Waals surface area (Å²) in [5.74, 6) is 0.0855. The molecule has 9 heteroatoms. The van der Waals surface area contributed by atoms with E-state index < -0.39 is 11.7 Å². The molecule has 0 saturated carbocycles. The molecule has 2 N–H and O–H groups in total. The summed E-state index contributed by atoms with van der Waals surface area (Å²) < 4.78 is 38.4. The van der Waals surface area contributed by atoms with E-state index in [1.807, 2.05) is 0 Å². The predicted molar refractivity (Wildman–Crippen MR) is 72.5 cm³/mol. The van der Waals surface area contributed by atoms with E-state index in [1.54, 1.807) is 6.92 Å². The largest absolute Gasteiger partial charge is 0.416 e. The van der Waals surface area contributed by atoms with Crippen LogP contribution in [0, 0.1) is 6.92 Å². The third kappa shape index (κ3) is 3.97. The van der Waals surface area contributed by atoms with E-state index in [0.29, 0.717) is 5.69 Å². The maximum Gasteiger partial charge on any atom is 0.416 e. The molecule has 0 aliphatic carbocycles. The lowest BCUT2D eigenvalue weighted by Crippen LogP contribution is -2.09. The van der Waals surface area contributed by atoms with Gasteiger partial charge in [-0.1, -0.05) is 0 Å². The Hall–Kier alpha value is -2.03. The topological polar surface area (TPSA) is 70.7 Å². The Morgan fingerprint density at radius 1 is 1.24 bits per heavy atom. The fraction of sp³-hybridized carbons (Fsp3) is 0.250. The summed E-state index contributed by atoms with van der Waals surface area (Å²) in [6.45, 7) is 1.62. The van der Waals surface area contributed by atoms with Crippen LogP contribution in [0.15, 0.2) is 33.2 Å². The monoisotopic (exact) mass is 316 g/mol. The maximum absolute atomic E-state index is 12.8. The van der Waals surface area contributed by atoms with Crippen molar-refractivity contribution in [3.63, 3.8) is 0 Å². The van der Waals surface area contributed by atoms with Crippen LogP contribution in [-0.2, 0) is 6.18 Å². The lowest BCUT2D eigenvalue weighted by Gasteiger charge is -2.10. The third-order valence-corrected chi connectivity index (χ3v) is 3.24. The number of pyridine rings is 1. The van der Waals surface area contributed by atoms with Crippen LogP contribution in [0.2, 0.25) is 0 Å². The van der Waals surface area contributed by atoms with Gasteiger partial charge in [0.2, 0.25) is 0 Å². The maximum atomic E-state index is 12.8. The number of H-pyrrole nitrogens is 1. The Bertz CT molecular complexity index is 714. The van der Waals surface area contributed by atoms with Gasteiger partial charge in [-0.2, -0.15) is 13.2 Å². The first kappa shape index (κ1) is 15.4. The molecule has 0 fully saturated rings. The van der Waals surface area contributed by atoms with Crippen molar-refractivity contribution < 1.29 is 13.2 Å². The minimum absolute atomic E-state index is 0.0855. The first-order valence-electron chi connectivity index (χ1n) is 5.81. The molecule has 0 unspecified atom stereocenters. The minimum Gasteiger partial charge on any atom is -0.373 e. The molecule has 0 spiro atoms. The number of alkyl halides is 3. The zero-order valence-electron chi connectivity index (χ0n) is 11.1. The lowest BCUT2D eigenvalue weighted by molar-refractivity contribution is -0.137. The standard InChI is InChI=1S/C12H11F3N4OS/c1-6-3-9(20)19-11(17-6)21-10-5-7(12(13,14)15)4-8(16-2)18-10/h3-5H,1-2H3,(H,16,18)(H,17,19,20). The lowest BCUT2D eigenvalue weighted by atomic mass is 10.2. The fourth-order valence-electron chi connectivity index (χ4n) is 1.55. The van der Waals surface area contributed by atoms with Crippen molar-refractivity contribution in [1.29, 1.82) is 0 Å². The first-order chi connectivity index (χ1) is 9.77. The molecule has 2 rings (SSSR count). The van der Waals surface area contributed by atoms with Crippen molar-refractivity contribution in [2.24, 2.45) is 0 Å². The van der Waals surface area contributed by atoms with Crippen molar-refractivity contribution in [2.75, 3.05) is 12.4 Å². The smallest absolute Gasteiger partial charge is 0.373 e. The number of nitrogens with zero attached hydrogens (tertiary/aromatic N) is 2. The van der Waals surface area contributed by atoms with Gasteiger partial charge < -0.3 is 10.3 Å². The van der Waals surface area contributed by atoms with Crippen LogP contribution in [0.25, 0.3) is 0 Å². The van der Waals surface area contributed by atoms with Gasteiger partial charge in [-0.3, -0.25) is 4.79 Å². The highest BCUT2D eigenvalue weighted by Gasteiger charge is 2.31.